The summed E-state index contributed by atoms with van der Waals surface area (Å²) >= 11 is 0. The smallest absolute Gasteiger partial charge is 0.248 e. The van der Waals surface area contributed by atoms with Gasteiger partial charge in [-0.3, -0.25) is 4.79 Å². The van der Waals surface area contributed by atoms with Crippen molar-refractivity contribution in [1.29, 1.82) is 0 Å². The van der Waals surface area contributed by atoms with E-state index in [2.05, 4.69) is 10.6 Å². The molecule has 0 heterocycles. The maximum absolute atomic E-state index is 12.1. The van der Waals surface area contributed by atoms with E-state index in [1.807, 2.05) is 62.4 Å². The highest BCUT2D eigenvalue weighted by Gasteiger charge is 2.13. The van der Waals surface area contributed by atoms with Crippen LogP contribution in [0.2, 0.25) is 0 Å². The van der Waals surface area contributed by atoms with Crippen molar-refractivity contribution in [2.24, 2.45) is 0 Å². The Bertz CT molecular complexity index is 1050. The van der Waals surface area contributed by atoms with Crippen LogP contribution in [0.4, 0.5) is 22.7 Å². The average Bonchev–Trinajstić information content (AvgIpc) is 2.85. The molecule has 7 heteroatoms. The van der Waals surface area contributed by atoms with Crippen molar-refractivity contribution in [3.63, 3.8) is 0 Å². The molecule has 0 atom stereocenters. The third-order valence-electron chi connectivity index (χ3n) is 4.51. The van der Waals surface area contributed by atoms with Crippen LogP contribution in [0.1, 0.15) is 19.4 Å². The van der Waals surface area contributed by atoms with Crippen LogP contribution in [0.25, 0.3) is 6.08 Å². The van der Waals surface area contributed by atoms with Gasteiger partial charge < -0.3 is 30.6 Å². The van der Waals surface area contributed by atoms with E-state index in [4.69, 9.17) is 19.9 Å². The van der Waals surface area contributed by atoms with Gasteiger partial charge in [-0.1, -0.05) is 38.1 Å². The molecule has 0 unspecified atom stereocenters. The first kappa shape index (κ1) is 25.1. The van der Waals surface area contributed by atoms with Gasteiger partial charge in [-0.05, 0) is 35.9 Å². The molecule has 0 aromatic heterocycles. The zero-order valence-electron chi connectivity index (χ0n) is 19.6. The molecule has 0 aliphatic carbocycles. The molecule has 0 spiro atoms. The van der Waals surface area contributed by atoms with E-state index in [9.17, 15) is 4.79 Å². The number of carbonyl (C=O) groups excluding carboxylic acids is 1. The molecule has 0 fully saturated rings. The monoisotopic (exact) mass is 449 g/mol. The minimum atomic E-state index is -0.252. The summed E-state index contributed by atoms with van der Waals surface area (Å²) in [5, 5.41) is 6.06. The molecule has 1 amide bonds. The van der Waals surface area contributed by atoms with Gasteiger partial charge in [0.15, 0.2) is 11.5 Å². The van der Waals surface area contributed by atoms with Crippen molar-refractivity contribution in [3.8, 4) is 17.2 Å². The zero-order valence-corrected chi connectivity index (χ0v) is 19.6. The van der Waals surface area contributed by atoms with E-state index in [1.54, 1.807) is 39.5 Å². The molecular formula is C26H31N3O4. The molecule has 0 aliphatic rings. The van der Waals surface area contributed by atoms with Crippen molar-refractivity contribution in [2.75, 3.05) is 37.7 Å². The van der Waals surface area contributed by atoms with E-state index in [-0.39, 0.29) is 5.91 Å². The van der Waals surface area contributed by atoms with Crippen molar-refractivity contribution < 1.29 is 19.0 Å². The summed E-state index contributed by atoms with van der Waals surface area (Å²) in [6.45, 7) is 4.00. The minimum Gasteiger partial charge on any atom is -0.493 e. The number of carbonyl (C=O) groups is 1. The van der Waals surface area contributed by atoms with Crippen LogP contribution in [0.3, 0.4) is 0 Å². The summed E-state index contributed by atoms with van der Waals surface area (Å²) in [5.41, 5.74) is 9.48. The van der Waals surface area contributed by atoms with Gasteiger partial charge in [0.05, 0.1) is 32.7 Å². The van der Waals surface area contributed by atoms with Gasteiger partial charge in [-0.2, -0.15) is 0 Å². The number of rotatable bonds is 8. The standard InChI is InChI=1S/C24H25N3O4.C2H6/c1-29-21-14-18(15-22(30-2)24(21)31-3)26-17-11-8-16(9-12-17)10-13-23(28)27-20-7-5-4-6-19(20)25;1-2/h4-15,26H,25H2,1-3H3,(H,27,28);1-2H3/b13-10+;. The largest absolute Gasteiger partial charge is 0.493 e. The average molecular weight is 450 g/mol. The first-order valence-corrected chi connectivity index (χ1v) is 10.5. The van der Waals surface area contributed by atoms with E-state index >= 15 is 0 Å². The number of benzene rings is 3. The Morgan fingerprint density at radius 1 is 0.848 bits per heavy atom. The second-order valence-corrected chi connectivity index (χ2v) is 6.57. The lowest BCUT2D eigenvalue weighted by molar-refractivity contribution is -0.111. The first-order chi connectivity index (χ1) is 16.0. The van der Waals surface area contributed by atoms with Crippen LogP contribution in [0, 0.1) is 0 Å². The Labute approximate surface area is 195 Å². The highest BCUT2D eigenvalue weighted by Crippen LogP contribution is 2.40. The Morgan fingerprint density at radius 2 is 1.45 bits per heavy atom. The number of nitrogens with one attached hydrogen (secondary N) is 2. The SMILES string of the molecule is CC.COc1cc(Nc2ccc(/C=C/C(=O)Nc3ccccc3N)cc2)cc(OC)c1OC. The lowest BCUT2D eigenvalue weighted by Gasteiger charge is -2.15. The Hall–Kier alpha value is -4.13. The van der Waals surface area contributed by atoms with E-state index in [1.165, 1.54) is 6.08 Å². The molecule has 0 radical (unpaired) electrons. The maximum Gasteiger partial charge on any atom is 0.248 e. The molecule has 0 saturated heterocycles. The number of hydrogen-bond donors (Lipinski definition) is 3. The molecular weight excluding hydrogens is 418 g/mol. The highest BCUT2D eigenvalue weighted by atomic mass is 16.5. The molecule has 33 heavy (non-hydrogen) atoms. The van der Waals surface area contributed by atoms with Gasteiger partial charge in [-0.15, -0.1) is 0 Å². The molecule has 4 N–H and O–H groups in total. The summed E-state index contributed by atoms with van der Waals surface area (Å²) in [6.07, 6.45) is 3.20. The lowest BCUT2D eigenvalue weighted by atomic mass is 10.1. The quantitative estimate of drug-likeness (QED) is 0.301. The normalized spacial score (nSPS) is 10.1. The second kappa shape index (κ2) is 12.7. The summed E-state index contributed by atoms with van der Waals surface area (Å²) < 4.78 is 16.1. The minimum absolute atomic E-state index is 0.252. The van der Waals surface area contributed by atoms with Gasteiger partial charge in [0, 0.05) is 29.6 Å². The number of methoxy groups -OCH3 is 3. The van der Waals surface area contributed by atoms with Crippen LogP contribution < -0.4 is 30.6 Å². The second-order valence-electron chi connectivity index (χ2n) is 6.57. The van der Waals surface area contributed by atoms with E-state index in [0.29, 0.717) is 28.6 Å². The highest BCUT2D eigenvalue weighted by molar-refractivity contribution is 6.03. The Balaban J connectivity index is 0.00000187. The fraction of sp³-hybridized carbons (Fsp3) is 0.192. The predicted molar refractivity (Wildman–Crippen MR) is 136 cm³/mol. The third kappa shape index (κ3) is 6.93. The third-order valence-corrected chi connectivity index (χ3v) is 4.51. The number of amides is 1. The van der Waals surface area contributed by atoms with E-state index < -0.39 is 0 Å². The van der Waals surface area contributed by atoms with Crippen LogP contribution in [0.15, 0.2) is 66.7 Å². The zero-order chi connectivity index (χ0) is 24.2. The number of hydrogen-bond acceptors (Lipinski definition) is 6. The van der Waals surface area contributed by atoms with Gasteiger partial charge in [0.25, 0.3) is 0 Å². The lowest BCUT2D eigenvalue weighted by Crippen LogP contribution is -2.09. The van der Waals surface area contributed by atoms with E-state index in [0.717, 1.165) is 16.9 Å². The Kier molecular flexibility index (Phi) is 9.64. The number of nitrogen functional groups attached to an aromatic ring is 1. The number of para-hydroxylation sites is 2. The fourth-order valence-electron chi connectivity index (χ4n) is 2.95. The molecule has 3 aromatic carbocycles. The summed E-state index contributed by atoms with van der Waals surface area (Å²) in [5.74, 6) is 1.41. The van der Waals surface area contributed by atoms with Crippen LogP contribution >= 0.6 is 0 Å². The van der Waals surface area contributed by atoms with Crippen molar-refractivity contribution in [2.45, 2.75) is 13.8 Å². The molecule has 7 nitrogen and oxygen atoms in total. The van der Waals surface area contributed by atoms with Crippen molar-refractivity contribution in [1.82, 2.24) is 0 Å². The summed E-state index contributed by atoms with van der Waals surface area (Å²) in [7, 11) is 4.71. The summed E-state index contributed by atoms with van der Waals surface area (Å²) in [6, 6.07) is 18.4. The van der Waals surface area contributed by atoms with Crippen LogP contribution in [0.5, 0.6) is 17.2 Å². The summed E-state index contributed by atoms with van der Waals surface area (Å²) in [4.78, 5) is 12.1. The molecule has 0 aliphatic heterocycles. The van der Waals surface area contributed by atoms with Crippen LogP contribution in [-0.2, 0) is 4.79 Å². The fourth-order valence-corrected chi connectivity index (χ4v) is 2.95. The van der Waals surface area contributed by atoms with Crippen LogP contribution in [-0.4, -0.2) is 27.2 Å². The van der Waals surface area contributed by atoms with Gasteiger partial charge in [0.1, 0.15) is 0 Å². The van der Waals surface area contributed by atoms with Crippen molar-refractivity contribution >= 4 is 34.7 Å². The first-order valence-electron chi connectivity index (χ1n) is 10.5. The number of ether oxygens (including phenoxy) is 3. The molecule has 0 saturated carbocycles. The Morgan fingerprint density at radius 3 is 2.00 bits per heavy atom. The van der Waals surface area contributed by atoms with Gasteiger partial charge in [0.2, 0.25) is 11.7 Å². The molecule has 3 aromatic rings. The topological polar surface area (TPSA) is 94.8 Å². The molecule has 174 valence electrons. The van der Waals surface area contributed by atoms with Crippen molar-refractivity contribution in [3.05, 3.63) is 72.3 Å². The molecule has 0 bridgehead atoms. The maximum atomic E-state index is 12.1. The predicted octanol–water partition coefficient (Wildman–Crippen LogP) is 5.72. The number of nitrogens with two attached hydrogens (primary N) is 1. The van der Waals surface area contributed by atoms with Gasteiger partial charge in [-0.25, -0.2) is 0 Å². The molecule has 3 rings (SSSR count). The number of anilines is 4. The van der Waals surface area contributed by atoms with Gasteiger partial charge >= 0.3 is 0 Å².